The minimum atomic E-state index is -4.18. The summed E-state index contributed by atoms with van der Waals surface area (Å²) in [6.07, 6.45) is 2.62. The summed E-state index contributed by atoms with van der Waals surface area (Å²) in [5.41, 5.74) is 1.62. The Hall–Kier alpha value is -2.80. The Bertz CT molecular complexity index is 1240. The van der Waals surface area contributed by atoms with Crippen molar-refractivity contribution in [3.8, 4) is 5.75 Å². The molecule has 0 aliphatic rings. The van der Waals surface area contributed by atoms with Crippen molar-refractivity contribution in [1.82, 2.24) is 0 Å². The minimum Gasteiger partial charge on any atom is -0.494 e. The Morgan fingerprint density at radius 2 is 1.66 bits per heavy atom. The van der Waals surface area contributed by atoms with Gasteiger partial charge in [-0.05, 0) is 74.0 Å². The molecule has 0 unspecified atom stereocenters. The van der Waals surface area contributed by atoms with E-state index in [9.17, 15) is 13.2 Å². The van der Waals surface area contributed by atoms with Gasteiger partial charge in [-0.2, -0.15) is 4.31 Å². The van der Waals surface area contributed by atoms with Crippen LogP contribution in [0.4, 0.5) is 5.69 Å². The van der Waals surface area contributed by atoms with Crippen LogP contribution < -0.4 is 9.04 Å². The molecule has 166 valence electrons. The highest BCUT2D eigenvalue weighted by molar-refractivity contribution is 7.93. The van der Waals surface area contributed by atoms with E-state index in [0.717, 1.165) is 15.9 Å². The summed E-state index contributed by atoms with van der Waals surface area (Å²) in [6, 6.07) is 17.4. The Kier molecular flexibility index (Phi) is 7.61. The van der Waals surface area contributed by atoms with Crippen molar-refractivity contribution in [2.24, 2.45) is 0 Å². The van der Waals surface area contributed by atoms with E-state index in [1.807, 2.05) is 13.8 Å². The van der Waals surface area contributed by atoms with E-state index in [2.05, 4.69) is 0 Å². The van der Waals surface area contributed by atoms with E-state index >= 15 is 0 Å². The molecule has 0 N–H and O–H groups in total. The van der Waals surface area contributed by atoms with E-state index in [0.29, 0.717) is 28.0 Å². The first-order valence-corrected chi connectivity index (χ1v) is 11.9. The number of benzene rings is 3. The lowest BCUT2D eigenvalue weighted by molar-refractivity contribution is -0.113. The summed E-state index contributed by atoms with van der Waals surface area (Å²) in [5.74, 6) is -0.180. The van der Waals surface area contributed by atoms with Crippen LogP contribution in [0.5, 0.6) is 5.75 Å². The third-order valence-electron chi connectivity index (χ3n) is 4.51. The molecular formula is C24H21Cl2NO4S. The van der Waals surface area contributed by atoms with Crippen LogP contribution in [0.25, 0.3) is 6.08 Å². The second-order valence-corrected chi connectivity index (χ2v) is 9.48. The van der Waals surface area contributed by atoms with Crippen molar-refractivity contribution in [2.75, 3.05) is 10.9 Å². The van der Waals surface area contributed by atoms with E-state index in [1.165, 1.54) is 30.3 Å². The van der Waals surface area contributed by atoms with Crippen LogP contribution in [-0.2, 0) is 14.8 Å². The molecule has 0 bridgehead atoms. The molecule has 0 aliphatic heterocycles. The molecule has 0 radical (unpaired) electrons. The van der Waals surface area contributed by atoms with Crippen LogP contribution in [0, 0.1) is 6.92 Å². The Labute approximate surface area is 197 Å². The lowest BCUT2D eigenvalue weighted by Gasteiger charge is -2.22. The zero-order valence-corrected chi connectivity index (χ0v) is 19.8. The lowest BCUT2D eigenvalue weighted by Crippen LogP contribution is -2.35. The predicted molar refractivity (Wildman–Crippen MR) is 129 cm³/mol. The van der Waals surface area contributed by atoms with Crippen LogP contribution in [0.3, 0.4) is 0 Å². The second kappa shape index (κ2) is 10.2. The average Bonchev–Trinajstić information content (AvgIpc) is 2.75. The third kappa shape index (κ3) is 5.51. The predicted octanol–water partition coefficient (Wildman–Crippen LogP) is 6.14. The zero-order chi connectivity index (χ0) is 23.3. The highest BCUT2D eigenvalue weighted by atomic mass is 35.5. The van der Waals surface area contributed by atoms with E-state index in [1.54, 1.807) is 42.5 Å². The van der Waals surface area contributed by atoms with Crippen LogP contribution in [0.15, 0.2) is 77.7 Å². The van der Waals surface area contributed by atoms with Crippen molar-refractivity contribution >= 4 is 50.9 Å². The number of aryl methyl sites for hydroxylation is 1. The van der Waals surface area contributed by atoms with Gasteiger partial charge in [0, 0.05) is 16.1 Å². The number of anilines is 1. The number of sulfonamides is 1. The number of rotatable bonds is 7. The van der Waals surface area contributed by atoms with Gasteiger partial charge in [-0.3, -0.25) is 4.79 Å². The Balaban J connectivity index is 2.03. The smallest absolute Gasteiger partial charge is 0.271 e. The van der Waals surface area contributed by atoms with Gasteiger partial charge in [0.15, 0.2) is 0 Å². The van der Waals surface area contributed by atoms with Gasteiger partial charge in [0.2, 0.25) is 0 Å². The fourth-order valence-corrected chi connectivity index (χ4v) is 4.77. The summed E-state index contributed by atoms with van der Waals surface area (Å²) in [7, 11) is -4.18. The topological polar surface area (TPSA) is 63.7 Å². The molecule has 3 aromatic rings. The molecule has 0 atom stereocenters. The van der Waals surface area contributed by atoms with Gasteiger partial charge in [0.1, 0.15) is 5.75 Å². The number of carbonyl (C=O) groups is 1. The van der Waals surface area contributed by atoms with Crippen molar-refractivity contribution in [1.29, 1.82) is 0 Å². The maximum Gasteiger partial charge on any atom is 0.271 e. The van der Waals surface area contributed by atoms with Gasteiger partial charge in [-0.25, -0.2) is 8.42 Å². The molecule has 5 nitrogen and oxygen atoms in total. The van der Waals surface area contributed by atoms with Gasteiger partial charge in [0.05, 0.1) is 17.2 Å². The highest BCUT2D eigenvalue weighted by Crippen LogP contribution is 2.28. The number of amides is 1. The summed E-state index contributed by atoms with van der Waals surface area (Å²) in [4.78, 5) is 13.2. The number of carbonyl (C=O) groups excluding carboxylic acids is 1. The normalized spacial score (nSPS) is 11.5. The SMILES string of the molecule is CCOc1ccc(N(C(=O)/C=C/c2ccc(Cl)cc2Cl)S(=O)(=O)c2ccc(C)cc2)cc1. The van der Waals surface area contributed by atoms with Crippen LogP contribution >= 0.6 is 23.2 Å². The molecule has 0 spiro atoms. The molecule has 32 heavy (non-hydrogen) atoms. The number of ether oxygens (including phenoxy) is 1. The van der Waals surface area contributed by atoms with Crippen LogP contribution in [0.1, 0.15) is 18.1 Å². The quantitative estimate of drug-likeness (QED) is 0.374. The first-order valence-electron chi connectivity index (χ1n) is 9.74. The van der Waals surface area contributed by atoms with Crippen LogP contribution in [-0.4, -0.2) is 20.9 Å². The standard InChI is InChI=1S/C24H21Cl2NO4S/c1-3-31-21-11-9-20(10-12-21)27(32(29,30)22-13-4-17(2)5-14-22)24(28)15-7-18-6-8-19(25)16-23(18)26/h4-16H,3H2,1-2H3/b15-7+. The summed E-state index contributed by atoms with van der Waals surface area (Å²) >= 11 is 12.1. The lowest BCUT2D eigenvalue weighted by atomic mass is 10.2. The third-order valence-corrected chi connectivity index (χ3v) is 6.81. The number of hydrogen-bond acceptors (Lipinski definition) is 4. The first-order chi connectivity index (χ1) is 15.2. The van der Waals surface area contributed by atoms with Gasteiger partial charge < -0.3 is 4.74 Å². The summed E-state index contributed by atoms with van der Waals surface area (Å²) in [6.45, 7) is 4.16. The van der Waals surface area contributed by atoms with Crippen LogP contribution in [0.2, 0.25) is 10.0 Å². The van der Waals surface area contributed by atoms with Crippen molar-refractivity contribution in [3.63, 3.8) is 0 Å². The molecule has 0 saturated carbocycles. The monoisotopic (exact) mass is 489 g/mol. The maximum atomic E-state index is 13.4. The molecule has 0 aliphatic carbocycles. The molecule has 0 aromatic heterocycles. The molecule has 3 aromatic carbocycles. The molecular weight excluding hydrogens is 469 g/mol. The fraction of sp³-hybridized carbons (Fsp3) is 0.125. The van der Waals surface area contributed by atoms with E-state index in [-0.39, 0.29) is 10.6 Å². The second-order valence-electron chi connectivity index (χ2n) is 6.85. The molecule has 0 heterocycles. The van der Waals surface area contributed by atoms with E-state index in [4.69, 9.17) is 27.9 Å². The summed E-state index contributed by atoms with van der Waals surface area (Å²) < 4.78 is 33.0. The first kappa shape index (κ1) is 23.9. The average molecular weight is 490 g/mol. The number of nitrogens with zero attached hydrogens (tertiary/aromatic N) is 1. The highest BCUT2D eigenvalue weighted by Gasteiger charge is 2.29. The minimum absolute atomic E-state index is 0.00302. The largest absolute Gasteiger partial charge is 0.494 e. The molecule has 1 amide bonds. The number of halogens is 2. The number of hydrogen-bond donors (Lipinski definition) is 0. The van der Waals surface area contributed by atoms with Gasteiger partial charge in [-0.15, -0.1) is 0 Å². The van der Waals surface area contributed by atoms with Crippen molar-refractivity contribution in [2.45, 2.75) is 18.7 Å². The van der Waals surface area contributed by atoms with Gasteiger partial charge >= 0.3 is 0 Å². The maximum absolute atomic E-state index is 13.4. The Morgan fingerprint density at radius 3 is 2.25 bits per heavy atom. The summed E-state index contributed by atoms with van der Waals surface area (Å²) in [5, 5.41) is 0.798. The van der Waals surface area contributed by atoms with Gasteiger partial charge in [-0.1, -0.05) is 47.0 Å². The molecule has 0 saturated heterocycles. The molecule has 0 fully saturated rings. The van der Waals surface area contributed by atoms with Crippen molar-refractivity contribution in [3.05, 3.63) is 94.0 Å². The van der Waals surface area contributed by atoms with E-state index < -0.39 is 15.9 Å². The van der Waals surface area contributed by atoms with Gasteiger partial charge in [0.25, 0.3) is 15.9 Å². The van der Waals surface area contributed by atoms with Crippen molar-refractivity contribution < 1.29 is 17.9 Å². The molecule has 8 heteroatoms. The fourth-order valence-electron chi connectivity index (χ4n) is 2.91. The Morgan fingerprint density at radius 1 is 1.00 bits per heavy atom. The zero-order valence-electron chi connectivity index (χ0n) is 17.5. The molecule has 3 rings (SSSR count).